The molecule has 2 rings (SSSR count). The molecule has 1 aliphatic heterocycles. The second-order valence-electron chi connectivity index (χ2n) is 6.61. The standard InChI is InChI=1S/C16H28N4O3/c1-11(2)10-22-12(3)15-18-14(23-19-15)9-20(4)16(21)13-7-5-6-8-17-13/h11-13,17H,5-10H2,1-4H3/t12?,13-/m1/s1. The van der Waals surface area contributed by atoms with Crippen molar-refractivity contribution in [2.75, 3.05) is 20.2 Å². The van der Waals surface area contributed by atoms with Gasteiger partial charge in [0.1, 0.15) is 6.10 Å². The highest BCUT2D eigenvalue weighted by Crippen LogP contribution is 2.16. The van der Waals surface area contributed by atoms with Gasteiger partial charge in [0, 0.05) is 13.7 Å². The Balaban J connectivity index is 1.86. The minimum atomic E-state index is -0.212. The van der Waals surface area contributed by atoms with Gasteiger partial charge in [0.25, 0.3) is 0 Å². The van der Waals surface area contributed by atoms with Crippen molar-refractivity contribution in [2.24, 2.45) is 5.92 Å². The fourth-order valence-corrected chi connectivity index (χ4v) is 2.52. The summed E-state index contributed by atoms with van der Waals surface area (Å²) in [6.07, 6.45) is 2.90. The number of amides is 1. The number of hydrogen-bond donors (Lipinski definition) is 1. The Labute approximate surface area is 137 Å². The van der Waals surface area contributed by atoms with Crippen LogP contribution in [0, 0.1) is 5.92 Å². The Morgan fingerprint density at radius 3 is 2.87 bits per heavy atom. The van der Waals surface area contributed by atoms with Crippen LogP contribution in [0.15, 0.2) is 4.52 Å². The van der Waals surface area contributed by atoms with Crippen LogP contribution in [-0.2, 0) is 16.1 Å². The first-order chi connectivity index (χ1) is 11.0. The third-order valence-corrected chi connectivity index (χ3v) is 3.88. The number of ether oxygens (including phenoxy) is 1. The van der Waals surface area contributed by atoms with E-state index in [0.29, 0.717) is 30.8 Å². The molecule has 7 nitrogen and oxygen atoms in total. The third kappa shape index (κ3) is 5.28. The van der Waals surface area contributed by atoms with Gasteiger partial charge in [-0.3, -0.25) is 4.79 Å². The number of likely N-dealkylation sites (N-methyl/N-ethyl adjacent to an activating group) is 1. The molecular weight excluding hydrogens is 296 g/mol. The van der Waals surface area contributed by atoms with Crippen molar-refractivity contribution in [1.29, 1.82) is 0 Å². The number of carbonyl (C=O) groups is 1. The van der Waals surface area contributed by atoms with E-state index in [0.717, 1.165) is 25.8 Å². The van der Waals surface area contributed by atoms with Gasteiger partial charge in [-0.2, -0.15) is 4.98 Å². The number of rotatable bonds is 7. The largest absolute Gasteiger partial charge is 0.370 e. The molecule has 0 spiro atoms. The summed E-state index contributed by atoms with van der Waals surface area (Å²) in [5.41, 5.74) is 0. The van der Waals surface area contributed by atoms with Gasteiger partial charge in [-0.05, 0) is 32.2 Å². The molecule has 1 fully saturated rings. The zero-order valence-corrected chi connectivity index (χ0v) is 14.5. The van der Waals surface area contributed by atoms with Crippen molar-refractivity contribution < 1.29 is 14.1 Å². The maximum Gasteiger partial charge on any atom is 0.246 e. The Hall–Kier alpha value is -1.47. The molecule has 1 aromatic rings. The fourth-order valence-electron chi connectivity index (χ4n) is 2.52. The van der Waals surface area contributed by atoms with Crippen LogP contribution in [0.3, 0.4) is 0 Å². The molecule has 1 amide bonds. The molecule has 1 aliphatic rings. The van der Waals surface area contributed by atoms with Gasteiger partial charge in [0.05, 0.1) is 12.6 Å². The summed E-state index contributed by atoms with van der Waals surface area (Å²) in [4.78, 5) is 18.3. The van der Waals surface area contributed by atoms with Crippen LogP contribution in [0.5, 0.6) is 0 Å². The van der Waals surface area contributed by atoms with Gasteiger partial charge >= 0.3 is 0 Å². The lowest BCUT2D eigenvalue weighted by molar-refractivity contribution is -0.133. The van der Waals surface area contributed by atoms with Crippen molar-refractivity contribution >= 4 is 5.91 Å². The zero-order chi connectivity index (χ0) is 16.8. The normalized spacial score (nSPS) is 19.8. The van der Waals surface area contributed by atoms with E-state index in [9.17, 15) is 4.79 Å². The van der Waals surface area contributed by atoms with Crippen LogP contribution < -0.4 is 5.32 Å². The molecule has 1 N–H and O–H groups in total. The van der Waals surface area contributed by atoms with Crippen molar-refractivity contribution in [3.8, 4) is 0 Å². The predicted molar refractivity (Wildman–Crippen MR) is 85.6 cm³/mol. The van der Waals surface area contributed by atoms with Crippen LogP contribution in [0.2, 0.25) is 0 Å². The third-order valence-electron chi connectivity index (χ3n) is 3.88. The monoisotopic (exact) mass is 324 g/mol. The molecule has 2 heterocycles. The van der Waals surface area contributed by atoms with Crippen LogP contribution in [0.1, 0.15) is 57.9 Å². The predicted octanol–water partition coefficient (Wildman–Crippen LogP) is 1.90. The van der Waals surface area contributed by atoms with E-state index in [4.69, 9.17) is 9.26 Å². The first kappa shape index (κ1) is 17.9. The van der Waals surface area contributed by atoms with Crippen molar-refractivity contribution in [3.63, 3.8) is 0 Å². The first-order valence-electron chi connectivity index (χ1n) is 8.39. The highest BCUT2D eigenvalue weighted by molar-refractivity contribution is 5.81. The second kappa shape index (κ2) is 8.40. The van der Waals surface area contributed by atoms with E-state index in [1.807, 2.05) is 6.92 Å². The van der Waals surface area contributed by atoms with E-state index in [1.54, 1.807) is 11.9 Å². The van der Waals surface area contributed by atoms with Crippen LogP contribution >= 0.6 is 0 Å². The van der Waals surface area contributed by atoms with Crippen molar-refractivity contribution in [1.82, 2.24) is 20.4 Å². The van der Waals surface area contributed by atoms with Crippen molar-refractivity contribution in [2.45, 2.75) is 58.7 Å². The van der Waals surface area contributed by atoms with E-state index in [2.05, 4.69) is 29.3 Å². The molecule has 1 saturated heterocycles. The number of aromatic nitrogens is 2. The Morgan fingerprint density at radius 2 is 2.22 bits per heavy atom. The summed E-state index contributed by atoms with van der Waals surface area (Å²) < 4.78 is 10.9. The smallest absolute Gasteiger partial charge is 0.246 e. The molecule has 0 aromatic carbocycles. The second-order valence-corrected chi connectivity index (χ2v) is 6.61. The average molecular weight is 324 g/mol. The highest BCUT2D eigenvalue weighted by Gasteiger charge is 2.25. The number of nitrogens with zero attached hydrogens (tertiary/aromatic N) is 3. The quantitative estimate of drug-likeness (QED) is 0.825. The van der Waals surface area contributed by atoms with Gasteiger partial charge in [0.15, 0.2) is 5.82 Å². The van der Waals surface area contributed by atoms with Crippen LogP contribution in [0.25, 0.3) is 0 Å². The number of carbonyl (C=O) groups excluding carboxylic acids is 1. The molecule has 1 aromatic heterocycles. The molecule has 0 radical (unpaired) electrons. The lowest BCUT2D eigenvalue weighted by atomic mass is 10.0. The average Bonchev–Trinajstić information content (AvgIpc) is 3.01. The van der Waals surface area contributed by atoms with Crippen molar-refractivity contribution in [3.05, 3.63) is 11.7 Å². The summed E-state index contributed by atoms with van der Waals surface area (Å²) in [7, 11) is 1.77. The SMILES string of the molecule is CC(C)COC(C)c1noc(CN(C)C(=O)[C@H]2CCCCN2)n1. The molecule has 0 aliphatic carbocycles. The molecule has 1 unspecified atom stereocenters. The summed E-state index contributed by atoms with van der Waals surface area (Å²) in [6, 6.07) is -0.0931. The lowest BCUT2D eigenvalue weighted by Crippen LogP contribution is -2.47. The number of hydrogen-bond acceptors (Lipinski definition) is 6. The van der Waals surface area contributed by atoms with E-state index >= 15 is 0 Å². The van der Waals surface area contributed by atoms with Gasteiger partial charge in [0.2, 0.25) is 11.8 Å². The summed E-state index contributed by atoms with van der Waals surface area (Å²) >= 11 is 0. The Bertz CT molecular complexity index is 497. The lowest BCUT2D eigenvalue weighted by Gasteiger charge is -2.26. The molecule has 0 saturated carbocycles. The maximum absolute atomic E-state index is 12.4. The molecule has 0 bridgehead atoms. The molecule has 7 heteroatoms. The zero-order valence-electron chi connectivity index (χ0n) is 14.5. The number of piperidine rings is 1. The minimum Gasteiger partial charge on any atom is -0.370 e. The van der Waals surface area contributed by atoms with Gasteiger partial charge < -0.3 is 19.5 Å². The highest BCUT2D eigenvalue weighted by atomic mass is 16.5. The summed E-state index contributed by atoms with van der Waals surface area (Å²) in [5, 5.41) is 7.21. The summed E-state index contributed by atoms with van der Waals surface area (Å²) in [6.45, 7) is 7.96. The van der Waals surface area contributed by atoms with Gasteiger partial charge in [-0.15, -0.1) is 0 Å². The molecule has 130 valence electrons. The topological polar surface area (TPSA) is 80.5 Å². The van der Waals surface area contributed by atoms with E-state index < -0.39 is 0 Å². The van der Waals surface area contributed by atoms with E-state index in [1.165, 1.54) is 0 Å². The number of nitrogens with one attached hydrogen (secondary N) is 1. The maximum atomic E-state index is 12.4. The Kier molecular flexibility index (Phi) is 6.53. The summed E-state index contributed by atoms with van der Waals surface area (Å²) in [5.74, 6) is 1.49. The van der Waals surface area contributed by atoms with Gasteiger partial charge in [-0.25, -0.2) is 0 Å². The van der Waals surface area contributed by atoms with Crippen LogP contribution in [-0.4, -0.2) is 47.2 Å². The van der Waals surface area contributed by atoms with E-state index in [-0.39, 0.29) is 18.1 Å². The van der Waals surface area contributed by atoms with Crippen LogP contribution in [0.4, 0.5) is 0 Å². The first-order valence-corrected chi connectivity index (χ1v) is 8.39. The molecule has 2 atom stereocenters. The Morgan fingerprint density at radius 1 is 1.43 bits per heavy atom. The molecule has 23 heavy (non-hydrogen) atoms. The fraction of sp³-hybridized carbons (Fsp3) is 0.812. The van der Waals surface area contributed by atoms with Gasteiger partial charge in [-0.1, -0.05) is 25.4 Å². The minimum absolute atomic E-state index is 0.0774. The molecular formula is C16H28N4O3.